The predicted octanol–water partition coefficient (Wildman–Crippen LogP) is 2.71. The number of pyridine rings is 1. The van der Waals surface area contributed by atoms with Crippen LogP contribution in [-0.2, 0) is 5.75 Å². The molecule has 21 heavy (non-hydrogen) atoms. The van der Waals surface area contributed by atoms with Crippen LogP contribution in [0.15, 0.2) is 48.7 Å². The van der Waals surface area contributed by atoms with Crippen molar-refractivity contribution in [2.75, 3.05) is 12.4 Å². The van der Waals surface area contributed by atoms with Gasteiger partial charge in [-0.25, -0.2) is 9.55 Å². The molecule has 1 aromatic carbocycles. The molecule has 0 spiro atoms. The minimum Gasteiger partial charge on any atom is -0.395 e. The number of aliphatic hydroxyl groups excluding tert-OH is 1. The summed E-state index contributed by atoms with van der Waals surface area (Å²) in [6.45, 7) is 0.218. The summed E-state index contributed by atoms with van der Waals surface area (Å²) in [5, 5.41) is 8.82. The Labute approximate surface area is 131 Å². The summed E-state index contributed by atoms with van der Waals surface area (Å²) in [7, 11) is 3.42. The number of imidazole rings is 1. The minimum absolute atomic E-state index is 0.218. The Hall–Kier alpha value is -1.50. The van der Waals surface area contributed by atoms with Crippen molar-refractivity contribution in [2.24, 2.45) is 0 Å². The topological polar surface area (TPSA) is 52.8 Å². The fourth-order valence-corrected chi connectivity index (χ4v) is 3.88. The molecule has 6 heteroatoms. The predicted molar refractivity (Wildman–Crippen MR) is 88.5 cm³/mol. The largest absolute Gasteiger partial charge is 0.402 e. The SMILES string of the molecule is OCCSSCc1cccc[n+]1-c1nc2ccccc2[nH]1. The fourth-order valence-electron chi connectivity index (χ4n) is 2.05. The number of nitrogens with one attached hydrogen (secondary N) is 1. The highest BCUT2D eigenvalue weighted by atomic mass is 33.1. The zero-order chi connectivity index (χ0) is 14.5. The van der Waals surface area contributed by atoms with Crippen molar-refractivity contribution >= 4 is 32.6 Å². The van der Waals surface area contributed by atoms with Crippen molar-refractivity contribution in [1.29, 1.82) is 0 Å². The van der Waals surface area contributed by atoms with E-state index < -0.39 is 0 Å². The van der Waals surface area contributed by atoms with E-state index in [1.165, 1.54) is 5.69 Å². The molecular weight excluding hydrogens is 302 g/mol. The summed E-state index contributed by atoms with van der Waals surface area (Å²) in [4.78, 5) is 7.99. The number of H-pyrrole nitrogens is 1. The summed E-state index contributed by atoms with van der Waals surface area (Å²) >= 11 is 0. The summed E-state index contributed by atoms with van der Waals surface area (Å²) < 4.78 is 2.08. The molecule has 0 unspecified atom stereocenters. The van der Waals surface area contributed by atoms with Crippen LogP contribution in [0.2, 0.25) is 0 Å². The molecule has 0 saturated carbocycles. The van der Waals surface area contributed by atoms with Gasteiger partial charge >= 0.3 is 5.95 Å². The monoisotopic (exact) mass is 318 g/mol. The molecule has 2 N–H and O–H groups in total. The van der Waals surface area contributed by atoms with Crippen molar-refractivity contribution in [3.05, 3.63) is 54.4 Å². The van der Waals surface area contributed by atoms with Crippen LogP contribution in [0.25, 0.3) is 17.0 Å². The van der Waals surface area contributed by atoms with Crippen molar-refractivity contribution < 1.29 is 9.67 Å². The second kappa shape index (κ2) is 6.98. The van der Waals surface area contributed by atoms with Gasteiger partial charge in [-0.2, -0.15) is 0 Å². The zero-order valence-electron chi connectivity index (χ0n) is 11.4. The Bertz CT molecular complexity index is 697. The van der Waals surface area contributed by atoms with Crippen LogP contribution < -0.4 is 4.57 Å². The molecule has 3 aromatic rings. The highest BCUT2D eigenvalue weighted by Crippen LogP contribution is 2.24. The number of aliphatic hydroxyl groups is 1. The Morgan fingerprint density at radius 1 is 1.10 bits per heavy atom. The molecule has 2 aromatic heterocycles. The van der Waals surface area contributed by atoms with E-state index in [-0.39, 0.29) is 6.61 Å². The summed E-state index contributed by atoms with van der Waals surface area (Å²) in [6, 6.07) is 14.2. The van der Waals surface area contributed by atoms with Gasteiger partial charge in [-0.05, 0) is 24.3 Å². The van der Waals surface area contributed by atoms with Gasteiger partial charge in [0.1, 0.15) is 5.52 Å². The van der Waals surface area contributed by atoms with Crippen LogP contribution >= 0.6 is 21.6 Å². The maximum absolute atomic E-state index is 8.82. The average Bonchev–Trinajstić information content (AvgIpc) is 2.96. The number of hydrogen-bond donors (Lipinski definition) is 2. The molecule has 108 valence electrons. The van der Waals surface area contributed by atoms with E-state index in [0.717, 1.165) is 28.5 Å². The third kappa shape index (κ3) is 3.40. The second-order valence-corrected chi connectivity index (χ2v) is 7.03. The van der Waals surface area contributed by atoms with Gasteiger partial charge in [0, 0.05) is 5.75 Å². The first-order chi connectivity index (χ1) is 10.4. The molecule has 0 bridgehead atoms. The van der Waals surface area contributed by atoms with Crippen LogP contribution in [0.1, 0.15) is 5.69 Å². The van der Waals surface area contributed by atoms with E-state index in [4.69, 9.17) is 5.11 Å². The van der Waals surface area contributed by atoms with E-state index >= 15 is 0 Å². The Kier molecular flexibility index (Phi) is 4.80. The van der Waals surface area contributed by atoms with Gasteiger partial charge in [0.2, 0.25) is 0 Å². The molecule has 0 aliphatic heterocycles. The number of aromatic amines is 1. The van der Waals surface area contributed by atoms with Crippen LogP contribution in [-0.4, -0.2) is 27.4 Å². The number of hydrogen-bond acceptors (Lipinski definition) is 4. The molecule has 2 heterocycles. The lowest BCUT2D eigenvalue weighted by molar-refractivity contribution is -0.610. The molecule has 3 rings (SSSR count). The highest BCUT2D eigenvalue weighted by Gasteiger charge is 2.16. The van der Waals surface area contributed by atoms with Crippen LogP contribution in [0.4, 0.5) is 0 Å². The first-order valence-corrected chi connectivity index (χ1v) is 9.17. The molecule has 4 nitrogen and oxygen atoms in total. The standard InChI is InChI=1S/C15H16N3OS2/c19-9-10-20-21-11-12-5-3-4-8-18(12)15-16-13-6-1-2-7-14(13)17-15/h1-8,19H,9-11H2,(H,16,17)/q+1. The van der Waals surface area contributed by atoms with Gasteiger partial charge in [-0.3, -0.25) is 0 Å². The molecule has 0 atom stereocenters. The lowest BCUT2D eigenvalue weighted by atomic mass is 10.3. The molecule has 0 aliphatic rings. The quantitative estimate of drug-likeness (QED) is 0.417. The van der Waals surface area contributed by atoms with Crippen molar-refractivity contribution in [1.82, 2.24) is 9.97 Å². The van der Waals surface area contributed by atoms with Gasteiger partial charge < -0.3 is 5.11 Å². The average molecular weight is 318 g/mol. The molecular formula is C15H16N3OS2+. The lowest BCUT2D eigenvalue weighted by Crippen LogP contribution is -2.36. The summed E-state index contributed by atoms with van der Waals surface area (Å²) in [6.07, 6.45) is 2.02. The number of nitrogens with zero attached hydrogens (tertiary/aromatic N) is 2. The molecule has 0 fully saturated rings. The van der Waals surface area contributed by atoms with Crippen LogP contribution in [0.3, 0.4) is 0 Å². The number of aromatic nitrogens is 3. The summed E-state index contributed by atoms with van der Waals surface area (Å²) in [5.74, 6) is 2.45. The van der Waals surface area contributed by atoms with Gasteiger partial charge in [0.15, 0.2) is 5.52 Å². The highest BCUT2D eigenvalue weighted by molar-refractivity contribution is 8.76. The first kappa shape index (κ1) is 14.4. The van der Waals surface area contributed by atoms with Crippen LogP contribution in [0, 0.1) is 0 Å². The maximum atomic E-state index is 8.82. The van der Waals surface area contributed by atoms with E-state index in [0.29, 0.717) is 0 Å². The van der Waals surface area contributed by atoms with Gasteiger partial charge in [0.05, 0.1) is 24.3 Å². The van der Waals surface area contributed by atoms with Crippen molar-refractivity contribution in [3.63, 3.8) is 0 Å². The Morgan fingerprint density at radius 2 is 1.95 bits per heavy atom. The van der Waals surface area contributed by atoms with Gasteiger partial charge in [0.25, 0.3) is 0 Å². The van der Waals surface area contributed by atoms with E-state index in [1.807, 2.05) is 42.6 Å². The first-order valence-electron chi connectivity index (χ1n) is 6.68. The zero-order valence-corrected chi connectivity index (χ0v) is 13.0. The normalized spacial score (nSPS) is 11.1. The maximum Gasteiger partial charge on any atom is 0.402 e. The Morgan fingerprint density at radius 3 is 2.81 bits per heavy atom. The van der Waals surface area contributed by atoms with Crippen molar-refractivity contribution in [2.45, 2.75) is 5.75 Å². The van der Waals surface area contributed by atoms with Crippen LogP contribution in [0.5, 0.6) is 0 Å². The van der Waals surface area contributed by atoms with Crippen molar-refractivity contribution in [3.8, 4) is 5.95 Å². The third-order valence-electron chi connectivity index (χ3n) is 3.01. The molecule has 0 aliphatic carbocycles. The van der Waals surface area contributed by atoms with Gasteiger partial charge in [-0.1, -0.05) is 44.8 Å². The number of fused-ring (bicyclic) bond motifs is 1. The summed E-state index contributed by atoms with van der Waals surface area (Å²) in [5.41, 5.74) is 3.18. The number of para-hydroxylation sites is 2. The number of benzene rings is 1. The minimum atomic E-state index is 0.218. The second-order valence-electron chi connectivity index (χ2n) is 4.45. The Balaban J connectivity index is 1.87. The fraction of sp³-hybridized carbons (Fsp3) is 0.200. The van der Waals surface area contributed by atoms with E-state index in [1.54, 1.807) is 21.6 Å². The smallest absolute Gasteiger partial charge is 0.395 e. The molecule has 0 saturated heterocycles. The van der Waals surface area contributed by atoms with E-state index in [2.05, 4.69) is 20.6 Å². The lowest BCUT2D eigenvalue weighted by Gasteiger charge is -2.04. The third-order valence-corrected chi connectivity index (χ3v) is 5.30. The number of rotatable bonds is 6. The van der Waals surface area contributed by atoms with Gasteiger partial charge in [-0.15, -0.1) is 0 Å². The molecule has 0 radical (unpaired) electrons. The van der Waals surface area contributed by atoms with E-state index in [9.17, 15) is 0 Å². The molecule has 0 amide bonds.